The minimum absolute atomic E-state index is 0.224. The van der Waals surface area contributed by atoms with Gasteiger partial charge in [-0.15, -0.1) is 0 Å². The predicted octanol–water partition coefficient (Wildman–Crippen LogP) is 3.44. The van der Waals surface area contributed by atoms with Crippen molar-refractivity contribution >= 4 is 5.96 Å². The van der Waals surface area contributed by atoms with E-state index in [0.29, 0.717) is 6.54 Å². The molecule has 6 heteroatoms. The Bertz CT molecular complexity index is 929. The van der Waals surface area contributed by atoms with Crippen LogP contribution in [-0.2, 0) is 12.0 Å². The second kappa shape index (κ2) is 8.90. The van der Waals surface area contributed by atoms with E-state index in [-0.39, 0.29) is 5.41 Å². The van der Waals surface area contributed by atoms with Crippen LogP contribution in [0.5, 0.6) is 0 Å². The second-order valence-corrected chi connectivity index (χ2v) is 7.52. The van der Waals surface area contributed by atoms with Crippen molar-refractivity contribution in [1.29, 1.82) is 0 Å². The van der Waals surface area contributed by atoms with Crippen LogP contribution < -0.4 is 10.6 Å². The third-order valence-electron chi connectivity index (χ3n) is 5.60. The van der Waals surface area contributed by atoms with Gasteiger partial charge in [-0.1, -0.05) is 36.8 Å². The topological polar surface area (TPSA) is 67.1 Å². The van der Waals surface area contributed by atoms with Gasteiger partial charge in [0.05, 0.1) is 6.54 Å². The zero-order valence-corrected chi connectivity index (χ0v) is 16.9. The summed E-state index contributed by atoms with van der Waals surface area (Å²) >= 11 is 0. The fourth-order valence-electron chi connectivity index (χ4n) is 3.82. The summed E-state index contributed by atoms with van der Waals surface area (Å²) in [4.78, 5) is 9.19. The number of nitrogens with zero attached hydrogens (tertiary/aromatic N) is 4. The zero-order valence-electron chi connectivity index (χ0n) is 16.9. The van der Waals surface area contributed by atoms with Crippen LogP contribution in [0.4, 0.5) is 0 Å². The Labute approximate surface area is 172 Å². The summed E-state index contributed by atoms with van der Waals surface area (Å²) in [5.41, 5.74) is 2.75. The maximum Gasteiger partial charge on any atom is 0.191 e. The number of aromatic nitrogens is 3. The van der Waals surface area contributed by atoms with Gasteiger partial charge in [0.2, 0.25) is 0 Å². The molecule has 2 aromatic heterocycles. The largest absolute Gasteiger partial charge is 0.357 e. The van der Waals surface area contributed by atoms with Crippen molar-refractivity contribution in [3.8, 4) is 5.82 Å². The fourth-order valence-corrected chi connectivity index (χ4v) is 3.82. The summed E-state index contributed by atoms with van der Waals surface area (Å²) in [5, 5.41) is 11.2. The maximum absolute atomic E-state index is 4.80. The van der Waals surface area contributed by atoms with Gasteiger partial charge in [0.25, 0.3) is 0 Å². The summed E-state index contributed by atoms with van der Waals surface area (Å²) < 4.78 is 1.76. The standard InChI is InChI=1S/C23H28N6/c1-2-24-22(27-18-23(11-6-12-23)20-8-4-3-5-9-20)26-17-19-10-14-25-21(16-19)29-15-7-13-28-29/h3-5,7-10,13-16H,2,6,11-12,17-18H2,1H3,(H2,24,26,27). The second-order valence-electron chi connectivity index (χ2n) is 7.52. The van der Waals surface area contributed by atoms with Crippen molar-refractivity contribution in [2.75, 3.05) is 13.1 Å². The summed E-state index contributed by atoms with van der Waals surface area (Å²) in [6.07, 6.45) is 9.19. The number of rotatable bonds is 7. The number of hydrogen-bond acceptors (Lipinski definition) is 3. The van der Waals surface area contributed by atoms with E-state index in [0.717, 1.165) is 30.4 Å². The molecule has 4 rings (SSSR count). The molecule has 1 aliphatic rings. The highest BCUT2D eigenvalue weighted by atomic mass is 15.3. The molecule has 0 atom stereocenters. The van der Waals surface area contributed by atoms with E-state index in [1.54, 1.807) is 17.1 Å². The Balaban J connectivity index is 1.44. The van der Waals surface area contributed by atoms with E-state index in [1.807, 2.05) is 24.4 Å². The Kier molecular flexibility index (Phi) is 5.89. The van der Waals surface area contributed by atoms with E-state index in [4.69, 9.17) is 4.99 Å². The van der Waals surface area contributed by atoms with Gasteiger partial charge in [0, 0.05) is 37.1 Å². The van der Waals surface area contributed by atoms with Crippen LogP contribution >= 0.6 is 0 Å². The molecule has 0 aliphatic heterocycles. The van der Waals surface area contributed by atoms with Crippen LogP contribution in [0.2, 0.25) is 0 Å². The molecule has 0 unspecified atom stereocenters. The monoisotopic (exact) mass is 388 g/mol. The van der Waals surface area contributed by atoms with Gasteiger partial charge < -0.3 is 10.6 Å². The molecule has 6 nitrogen and oxygen atoms in total. The molecule has 29 heavy (non-hydrogen) atoms. The molecule has 0 spiro atoms. The Hall–Kier alpha value is -3.15. The smallest absolute Gasteiger partial charge is 0.191 e. The molecule has 0 radical (unpaired) electrons. The molecule has 1 saturated carbocycles. The molecule has 1 aliphatic carbocycles. The van der Waals surface area contributed by atoms with Gasteiger partial charge in [-0.25, -0.2) is 14.7 Å². The van der Waals surface area contributed by atoms with Crippen LogP contribution in [0, 0.1) is 0 Å². The third-order valence-corrected chi connectivity index (χ3v) is 5.60. The zero-order chi connectivity index (χ0) is 19.9. The fraction of sp³-hybridized carbons (Fsp3) is 0.348. The number of hydrogen-bond donors (Lipinski definition) is 2. The first-order valence-corrected chi connectivity index (χ1v) is 10.3. The quantitative estimate of drug-likeness (QED) is 0.481. The maximum atomic E-state index is 4.80. The summed E-state index contributed by atoms with van der Waals surface area (Å²) in [5.74, 6) is 1.66. The summed E-state index contributed by atoms with van der Waals surface area (Å²) in [7, 11) is 0. The molecule has 0 bridgehead atoms. The molecule has 1 aromatic carbocycles. The van der Waals surface area contributed by atoms with Crippen molar-refractivity contribution in [2.24, 2.45) is 4.99 Å². The summed E-state index contributed by atoms with van der Waals surface area (Å²) in [6, 6.07) is 16.8. The van der Waals surface area contributed by atoms with Crippen LogP contribution in [-0.4, -0.2) is 33.8 Å². The van der Waals surface area contributed by atoms with Crippen molar-refractivity contribution in [3.63, 3.8) is 0 Å². The molecule has 3 aromatic rings. The molecule has 1 fully saturated rings. The lowest BCUT2D eigenvalue weighted by atomic mass is 9.64. The highest BCUT2D eigenvalue weighted by Gasteiger charge is 2.38. The lowest BCUT2D eigenvalue weighted by molar-refractivity contribution is 0.244. The number of guanidine groups is 1. The van der Waals surface area contributed by atoms with Gasteiger partial charge in [0.15, 0.2) is 11.8 Å². The van der Waals surface area contributed by atoms with Gasteiger partial charge >= 0.3 is 0 Å². The Morgan fingerprint density at radius 2 is 1.97 bits per heavy atom. The van der Waals surface area contributed by atoms with Crippen molar-refractivity contribution in [3.05, 3.63) is 78.2 Å². The van der Waals surface area contributed by atoms with Crippen LogP contribution in [0.25, 0.3) is 5.82 Å². The SMILES string of the molecule is CCNC(=NCc1ccnc(-n2cccn2)c1)NCC1(c2ccccc2)CCC1. The van der Waals surface area contributed by atoms with Crippen molar-refractivity contribution in [1.82, 2.24) is 25.4 Å². The highest BCUT2D eigenvalue weighted by molar-refractivity contribution is 5.79. The molecular formula is C23H28N6. The first kappa shape index (κ1) is 19.2. The van der Waals surface area contributed by atoms with Crippen LogP contribution in [0.3, 0.4) is 0 Å². The molecule has 2 N–H and O–H groups in total. The van der Waals surface area contributed by atoms with E-state index >= 15 is 0 Å². The number of pyridine rings is 1. The average Bonchev–Trinajstić information content (AvgIpc) is 3.27. The Morgan fingerprint density at radius 3 is 2.66 bits per heavy atom. The van der Waals surface area contributed by atoms with Gasteiger partial charge in [0.1, 0.15) is 0 Å². The number of nitrogens with one attached hydrogen (secondary N) is 2. The van der Waals surface area contributed by atoms with E-state index in [1.165, 1.54) is 24.8 Å². The normalized spacial score (nSPS) is 15.6. The van der Waals surface area contributed by atoms with Gasteiger partial charge in [-0.05, 0) is 49.1 Å². The molecule has 0 saturated heterocycles. The predicted molar refractivity (Wildman–Crippen MR) is 116 cm³/mol. The molecule has 150 valence electrons. The molecule has 2 heterocycles. The number of benzene rings is 1. The van der Waals surface area contributed by atoms with Gasteiger partial charge in [-0.3, -0.25) is 0 Å². The van der Waals surface area contributed by atoms with Gasteiger partial charge in [-0.2, -0.15) is 5.10 Å². The first-order chi connectivity index (χ1) is 14.3. The summed E-state index contributed by atoms with van der Waals surface area (Å²) in [6.45, 7) is 4.41. The minimum Gasteiger partial charge on any atom is -0.357 e. The van der Waals surface area contributed by atoms with Crippen molar-refractivity contribution in [2.45, 2.75) is 38.1 Å². The lowest BCUT2D eigenvalue weighted by Crippen LogP contribution is -2.48. The Morgan fingerprint density at radius 1 is 1.10 bits per heavy atom. The van der Waals surface area contributed by atoms with Crippen LogP contribution in [0.1, 0.15) is 37.3 Å². The van der Waals surface area contributed by atoms with Crippen LogP contribution in [0.15, 0.2) is 72.1 Å². The average molecular weight is 389 g/mol. The van der Waals surface area contributed by atoms with E-state index in [9.17, 15) is 0 Å². The van der Waals surface area contributed by atoms with E-state index < -0.39 is 0 Å². The highest BCUT2D eigenvalue weighted by Crippen LogP contribution is 2.43. The molecule has 0 amide bonds. The lowest BCUT2D eigenvalue weighted by Gasteiger charge is -2.43. The number of aliphatic imine (C=N–C) groups is 1. The third kappa shape index (κ3) is 4.47. The minimum atomic E-state index is 0.224. The first-order valence-electron chi connectivity index (χ1n) is 10.3. The molecular weight excluding hydrogens is 360 g/mol. The van der Waals surface area contributed by atoms with E-state index in [2.05, 4.69) is 58.0 Å². The van der Waals surface area contributed by atoms with Crippen molar-refractivity contribution < 1.29 is 0 Å².